The minimum atomic E-state index is -0.417. The summed E-state index contributed by atoms with van der Waals surface area (Å²) >= 11 is 0. The van der Waals surface area contributed by atoms with Crippen LogP contribution in [0.15, 0.2) is 0 Å². The molecule has 0 bridgehead atoms. The highest BCUT2D eigenvalue weighted by Gasteiger charge is 2.33. The largest absolute Gasteiger partial charge is 0.444 e. The van der Waals surface area contributed by atoms with E-state index in [-0.39, 0.29) is 12.1 Å². The van der Waals surface area contributed by atoms with Crippen LogP contribution in [0.4, 0.5) is 4.79 Å². The Bertz CT molecular complexity index is 278. The summed E-state index contributed by atoms with van der Waals surface area (Å²) in [5.74, 6) is 0.665. The van der Waals surface area contributed by atoms with Crippen molar-refractivity contribution in [2.24, 2.45) is 11.3 Å². The van der Waals surface area contributed by atoms with Crippen LogP contribution in [0.25, 0.3) is 0 Å². The van der Waals surface area contributed by atoms with E-state index in [1.165, 1.54) is 6.42 Å². The van der Waals surface area contributed by atoms with Crippen LogP contribution in [0.1, 0.15) is 60.8 Å². The van der Waals surface area contributed by atoms with E-state index in [4.69, 9.17) is 4.74 Å². The molecule has 1 amide bonds. The molecule has 2 unspecified atom stereocenters. The number of amides is 1. The van der Waals surface area contributed by atoms with Crippen molar-refractivity contribution in [1.29, 1.82) is 0 Å². The maximum Gasteiger partial charge on any atom is 0.407 e. The first kappa shape index (κ1) is 14.3. The minimum absolute atomic E-state index is 0.253. The number of alkyl carbamates (subject to hydrolysis) is 1. The van der Waals surface area contributed by atoms with Gasteiger partial charge < -0.3 is 10.1 Å². The second-order valence-corrected chi connectivity index (χ2v) is 7.26. The van der Waals surface area contributed by atoms with Crippen LogP contribution >= 0.6 is 0 Å². The maximum atomic E-state index is 11.7. The standard InChI is InChI=1S/C14H27NO2/c1-10-7-11(9-14(5,6)8-10)15-12(16)17-13(2,3)4/h10-11H,7-9H2,1-6H3,(H,15,16). The van der Waals surface area contributed by atoms with E-state index < -0.39 is 5.60 Å². The van der Waals surface area contributed by atoms with E-state index in [1.807, 2.05) is 20.8 Å². The molecule has 0 spiro atoms. The lowest BCUT2D eigenvalue weighted by molar-refractivity contribution is 0.0450. The summed E-state index contributed by atoms with van der Waals surface area (Å²) in [5.41, 5.74) is -0.1000. The number of hydrogen-bond acceptors (Lipinski definition) is 2. The molecule has 2 atom stereocenters. The van der Waals surface area contributed by atoms with Gasteiger partial charge in [-0.1, -0.05) is 20.8 Å². The van der Waals surface area contributed by atoms with Gasteiger partial charge in [0.05, 0.1) is 0 Å². The molecule has 1 aliphatic rings. The van der Waals surface area contributed by atoms with Gasteiger partial charge in [-0.25, -0.2) is 4.79 Å². The van der Waals surface area contributed by atoms with Gasteiger partial charge in [0.1, 0.15) is 5.60 Å². The molecule has 0 saturated heterocycles. The Morgan fingerprint density at radius 3 is 2.35 bits per heavy atom. The molecule has 1 rings (SSSR count). The molecule has 1 saturated carbocycles. The average Bonchev–Trinajstić information content (AvgIpc) is 1.93. The monoisotopic (exact) mass is 241 g/mol. The number of carbonyl (C=O) groups excluding carboxylic acids is 1. The Hall–Kier alpha value is -0.730. The van der Waals surface area contributed by atoms with Crippen molar-refractivity contribution in [2.45, 2.75) is 72.4 Å². The molecule has 17 heavy (non-hydrogen) atoms. The molecule has 1 fully saturated rings. The molecule has 0 aliphatic heterocycles. The van der Waals surface area contributed by atoms with Gasteiger partial charge in [0.15, 0.2) is 0 Å². The molecule has 0 aromatic rings. The molecule has 0 heterocycles. The Morgan fingerprint density at radius 2 is 1.88 bits per heavy atom. The average molecular weight is 241 g/mol. The number of ether oxygens (including phenoxy) is 1. The second kappa shape index (κ2) is 4.87. The zero-order chi connectivity index (χ0) is 13.3. The third-order valence-corrected chi connectivity index (χ3v) is 3.11. The molecule has 0 aromatic heterocycles. The first-order valence-electron chi connectivity index (χ1n) is 6.57. The highest BCUT2D eigenvalue weighted by atomic mass is 16.6. The van der Waals surface area contributed by atoms with Gasteiger partial charge in [-0.3, -0.25) is 0 Å². The molecule has 0 radical (unpaired) electrons. The summed E-state index contributed by atoms with van der Waals surface area (Å²) in [5, 5.41) is 3.00. The molecule has 1 aliphatic carbocycles. The Morgan fingerprint density at radius 1 is 1.29 bits per heavy atom. The van der Waals surface area contributed by atoms with Crippen molar-refractivity contribution in [3.05, 3.63) is 0 Å². The van der Waals surface area contributed by atoms with Crippen LogP contribution < -0.4 is 5.32 Å². The van der Waals surface area contributed by atoms with E-state index >= 15 is 0 Å². The third kappa shape index (κ3) is 5.42. The van der Waals surface area contributed by atoms with Crippen LogP contribution in [-0.4, -0.2) is 17.7 Å². The fourth-order valence-electron chi connectivity index (χ4n) is 2.93. The van der Waals surface area contributed by atoms with Crippen molar-refractivity contribution in [3.63, 3.8) is 0 Å². The first-order valence-corrected chi connectivity index (χ1v) is 6.57. The summed E-state index contributed by atoms with van der Waals surface area (Å²) in [6.45, 7) is 12.5. The fourth-order valence-corrected chi connectivity index (χ4v) is 2.93. The van der Waals surface area contributed by atoms with Gasteiger partial charge in [-0.2, -0.15) is 0 Å². The Balaban J connectivity index is 2.49. The van der Waals surface area contributed by atoms with Gasteiger partial charge in [-0.05, 0) is 51.4 Å². The smallest absolute Gasteiger partial charge is 0.407 e. The molecular formula is C14H27NO2. The van der Waals surface area contributed by atoms with Crippen LogP contribution in [0.5, 0.6) is 0 Å². The molecule has 3 heteroatoms. The summed E-state index contributed by atoms with van der Waals surface area (Å²) in [6, 6.07) is 0.253. The van der Waals surface area contributed by atoms with Gasteiger partial charge in [0.25, 0.3) is 0 Å². The SMILES string of the molecule is CC1CC(NC(=O)OC(C)(C)C)CC(C)(C)C1. The lowest BCUT2D eigenvalue weighted by Crippen LogP contribution is -2.44. The number of carbonyl (C=O) groups is 1. The predicted octanol–water partition coefficient (Wildman–Crippen LogP) is 3.73. The normalized spacial score (nSPS) is 28.6. The van der Waals surface area contributed by atoms with Crippen molar-refractivity contribution in [3.8, 4) is 0 Å². The van der Waals surface area contributed by atoms with E-state index in [9.17, 15) is 4.79 Å². The molecule has 0 aromatic carbocycles. The van der Waals surface area contributed by atoms with Crippen molar-refractivity contribution in [2.75, 3.05) is 0 Å². The zero-order valence-electron chi connectivity index (χ0n) is 12.1. The van der Waals surface area contributed by atoms with Crippen LogP contribution in [0, 0.1) is 11.3 Å². The fraction of sp³-hybridized carbons (Fsp3) is 0.929. The van der Waals surface area contributed by atoms with Crippen LogP contribution in [0.3, 0.4) is 0 Å². The van der Waals surface area contributed by atoms with Crippen molar-refractivity contribution in [1.82, 2.24) is 5.32 Å². The molecule has 3 nitrogen and oxygen atoms in total. The lowest BCUT2D eigenvalue weighted by Gasteiger charge is -2.39. The van der Waals surface area contributed by atoms with Gasteiger partial charge in [-0.15, -0.1) is 0 Å². The van der Waals surface area contributed by atoms with Crippen molar-refractivity contribution >= 4 is 6.09 Å². The van der Waals surface area contributed by atoms with Gasteiger partial charge in [0, 0.05) is 6.04 Å². The molecular weight excluding hydrogens is 214 g/mol. The van der Waals surface area contributed by atoms with Crippen LogP contribution in [0.2, 0.25) is 0 Å². The topological polar surface area (TPSA) is 38.3 Å². The minimum Gasteiger partial charge on any atom is -0.444 e. The number of nitrogens with one attached hydrogen (secondary N) is 1. The molecule has 1 N–H and O–H groups in total. The maximum absolute atomic E-state index is 11.7. The van der Waals surface area contributed by atoms with E-state index in [2.05, 4.69) is 26.1 Å². The highest BCUT2D eigenvalue weighted by Crippen LogP contribution is 2.38. The quantitative estimate of drug-likeness (QED) is 0.759. The Labute approximate surface area is 105 Å². The van der Waals surface area contributed by atoms with Gasteiger partial charge >= 0.3 is 6.09 Å². The number of rotatable bonds is 1. The summed E-state index contributed by atoms with van der Waals surface area (Å²) < 4.78 is 5.29. The van der Waals surface area contributed by atoms with Crippen LogP contribution in [-0.2, 0) is 4.74 Å². The third-order valence-electron chi connectivity index (χ3n) is 3.11. The summed E-state index contributed by atoms with van der Waals surface area (Å²) in [4.78, 5) is 11.7. The highest BCUT2D eigenvalue weighted by molar-refractivity contribution is 5.68. The Kier molecular flexibility index (Phi) is 4.11. The first-order chi connectivity index (χ1) is 7.57. The van der Waals surface area contributed by atoms with E-state index in [1.54, 1.807) is 0 Å². The van der Waals surface area contributed by atoms with E-state index in [0.29, 0.717) is 11.3 Å². The lowest BCUT2D eigenvalue weighted by atomic mass is 9.71. The second-order valence-electron chi connectivity index (χ2n) is 7.26. The zero-order valence-corrected chi connectivity index (χ0v) is 12.1. The summed E-state index contributed by atoms with van der Waals surface area (Å²) in [7, 11) is 0. The van der Waals surface area contributed by atoms with Crippen molar-refractivity contribution < 1.29 is 9.53 Å². The number of hydrogen-bond donors (Lipinski definition) is 1. The predicted molar refractivity (Wildman–Crippen MR) is 70.0 cm³/mol. The molecule has 100 valence electrons. The van der Waals surface area contributed by atoms with E-state index in [0.717, 1.165) is 12.8 Å². The summed E-state index contributed by atoms with van der Waals surface area (Å²) in [6.07, 6.45) is 3.05. The van der Waals surface area contributed by atoms with Gasteiger partial charge in [0.2, 0.25) is 0 Å².